The number of carbonyl (C=O) groups is 2. The van der Waals surface area contributed by atoms with E-state index in [9.17, 15) is 9.59 Å². The quantitative estimate of drug-likeness (QED) is 0.526. The van der Waals surface area contributed by atoms with Crippen LogP contribution in [0.3, 0.4) is 0 Å². The monoisotopic (exact) mass is 418 g/mol. The van der Waals surface area contributed by atoms with E-state index in [4.69, 9.17) is 0 Å². The van der Waals surface area contributed by atoms with Gasteiger partial charge < -0.3 is 10.6 Å². The van der Waals surface area contributed by atoms with Crippen LogP contribution in [0.25, 0.3) is 0 Å². The Morgan fingerprint density at radius 3 is 2.20 bits per heavy atom. The van der Waals surface area contributed by atoms with Crippen molar-refractivity contribution in [1.29, 1.82) is 0 Å². The van der Waals surface area contributed by atoms with Crippen LogP contribution in [-0.2, 0) is 16.0 Å². The molecule has 0 saturated carbocycles. The SMILES string of the molecule is Cc1cccc(NC(=O)CSCC(=O)NC(Cc2ccccc2)c2ccccc2)c1. The molecular formula is C25H26N2O2S. The highest BCUT2D eigenvalue weighted by atomic mass is 32.2. The number of hydrogen-bond donors (Lipinski definition) is 2. The van der Waals surface area contributed by atoms with Crippen LogP contribution in [0.2, 0.25) is 0 Å². The molecule has 0 aliphatic heterocycles. The van der Waals surface area contributed by atoms with Crippen molar-refractivity contribution in [2.45, 2.75) is 19.4 Å². The Bertz CT molecular complexity index is 961. The highest BCUT2D eigenvalue weighted by molar-refractivity contribution is 8.00. The van der Waals surface area contributed by atoms with Gasteiger partial charge in [0.15, 0.2) is 0 Å². The van der Waals surface area contributed by atoms with Crippen molar-refractivity contribution in [3.05, 3.63) is 102 Å². The van der Waals surface area contributed by atoms with Gasteiger partial charge in [0.2, 0.25) is 11.8 Å². The first-order valence-corrected chi connectivity index (χ1v) is 11.1. The summed E-state index contributed by atoms with van der Waals surface area (Å²) in [4.78, 5) is 24.7. The van der Waals surface area contributed by atoms with Gasteiger partial charge >= 0.3 is 0 Å². The Morgan fingerprint density at radius 1 is 0.833 bits per heavy atom. The molecule has 3 rings (SSSR count). The Balaban J connectivity index is 1.51. The second kappa shape index (κ2) is 11.2. The fourth-order valence-corrected chi connectivity index (χ4v) is 3.81. The average molecular weight is 419 g/mol. The van der Waals surface area contributed by atoms with Crippen LogP contribution in [0.4, 0.5) is 5.69 Å². The molecule has 1 atom stereocenters. The lowest BCUT2D eigenvalue weighted by atomic mass is 9.99. The van der Waals surface area contributed by atoms with E-state index >= 15 is 0 Å². The summed E-state index contributed by atoms with van der Waals surface area (Å²) in [6, 6.07) is 27.6. The minimum atomic E-state index is -0.109. The fraction of sp³-hybridized carbons (Fsp3) is 0.200. The molecular weight excluding hydrogens is 392 g/mol. The van der Waals surface area contributed by atoms with Crippen LogP contribution in [0.1, 0.15) is 22.7 Å². The van der Waals surface area contributed by atoms with Crippen LogP contribution < -0.4 is 10.6 Å². The number of carbonyl (C=O) groups excluding carboxylic acids is 2. The van der Waals surface area contributed by atoms with Crippen LogP contribution in [0.15, 0.2) is 84.9 Å². The first-order valence-electron chi connectivity index (χ1n) is 9.92. The fourth-order valence-electron chi connectivity index (χ4n) is 3.18. The predicted octanol–water partition coefficient (Wildman–Crippen LogP) is 4.77. The van der Waals surface area contributed by atoms with E-state index in [1.165, 1.54) is 11.8 Å². The van der Waals surface area contributed by atoms with Gasteiger partial charge in [0, 0.05) is 5.69 Å². The van der Waals surface area contributed by atoms with Gasteiger partial charge in [-0.1, -0.05) is 72.8 Å². The molecule has 0 aliphatic rings. The van der Waals surface area contributed by atoms with E-state index in [0.29, 0.717) is 0 Å². The predicted molar refractivity (Wildman–Crippen MR) is 125 cm³/mol. The molecule has 4 nitrogen and oxygen atoms in total. The Morgan fingerprint density at radius 2 is 1.50 bits per heavy atom. The summed E-state index contributed by atoms with van der Waals surface area (Å²) >= 11 is 1.31. The molecule has 0 radical (unpaired) electrons. The van der Waals surface area contributed by atoms with Crippen molar-refractivity contribution >= 4 is 29.3 Å². The maximum Gasteiger partial charge on any atom is 0.234 e. The zero-order valence-electron chi connectivity index (χ0n) is 17.0. The van der Waals surface area contributed by atoms with E-state index in [0.717, 1.165) is 28.8 Å². The van der Waals surface area contributed by atoms with Crippen LogP contribution in [-0.4, -0.2) is 23.3 Å². The molecule has 2 amide bonds. The summed E-state index contributed by atoms with van der Waals surface area (Å²) in [5.74, 6) is 0.283. The highest BCUT2D eigenvalue weighted by Gasteiger charge is 2.15. The van der Waals surface area contributed by atoms with Gasteiger partial charge in [0.1, 0.15) is 0 Å². The summed E-state index contributed by atoms with van der Waals surface area (Å²) in [5, 5.41) is 5.99. The van der Waals surface area contributed by atoms with Gasteiger partial charge in [-0.2, -0.15) is 0 Å². The molecule has 30 heavy (non-hydrogen) atoms. The molecule has 0 fully saturated rings. The van der Waals surface area contributed by atoms with Crippen molar-refractivity contribution in [1.82, 2.24) is 5.32 Å². The maximum atomic E-state index is 12.5. The van der Waals surface area contributed by atoms with Gasteiger partial charge in [0.25, 0.3) is 0 Å². The lowest BCUT2D eigenvalue weighted by Crippen LogP contribution is -2.31. The molecule has 0 spiro atoms. The number of benzene rings is 3. The second-order valence-corrected chi connectivity index (χ2v) is 8.12. The van der Waals surface area contributed by atoms with Gasteiger partial charge in [-0.3, -0.25) is 9.59 Å². The van der Waals surface area contributed by atoms with E-state index in [1.54, 1.807) is 0 Å². The number of anilines is 1. The van der Waals surface area contributed by atoms with Gasteiger partial charge in [-0.05, 0) is 42.2 Å². The van der Waals surface area contributed by atoms with E-state index in [-0.39, 0.29) is 29.4 Å². The van der Waals surface area contributed by atoms with Crippen LogP contribution >= 0.6 is 11.8 Å². The summed E-state index contributed by atoms with van der Waals surface area (Å²) < 4.78 is 0. The molecule has 0 heterocycles. The van der Waals surface area contributed by atoms with E-state index in [1.807, 2.05) is 79.7 Å². The molecule has 0 saturated heterocycles. The van der Waals surface area contributed by atoms with Gasteiger partial charge in [-0.15, -0.1) is 11.8 Å². The zero-order chi connectivity index (χ0) is 21.2. The van der Waals surface area contributed by atoms with Crippen LogP contribution in [0.5, 0.6) is 0 Å². The van der Waals surface area contributed by atoms with E-state index in [2.05, 4.69) is 22.8 Å². The summed E-state index contributed by atoms with van der Waals surface area (Å²) in [6.07, 6.45) is 0.717. The number of aryl methyl sites for hydroxylation is 1. The molecule has 154 valence electrons. The van der Waals surface area contributed by atoms with Crippen molar-refractivity contribution in [3.8, 4) is 0 Å². The number of nitrogens with one attached hydrogen (secondary N) is 2. The Kier molecular flexibility index (Phi) is 8.10. The van der Waals surface area contributed by atoms with Crippen molar-refractivity contribution in [2.75, 3.05) is 16.8 Å². The third-order valence-corrected chi connectivity index (χ3v) is 5.52. The summed E-state index contributed by atoms with van der Waals surface area (Å²) in [7, 11) is 0. The second-order valence-electron chi connectivity index (χ2n) is 7.13. The third-order valence-electron chi connectivity index (χ3n) is 4.59. The highest BCUT2D eigenvalue weighted by Crippen LogP contribution is 2.19. The standard InChI is InChI=1S/C25H26N2O2S/c1-19-9-8-14-22(15-19)26-24(28)17-30-18-25(29)27-23(21-12-6-3-7-13-21)16-20-10-4-2-5-11-20/h2-15,23H,16-18H2,1H3,(H,26,28)(H,27,29). The van der Waals surface area contributed by atoms with E-state index < -0.39 is 0 Å². The molecule has 5 heteroatoms. The largest absolute Gasteiger partial charge is 0.348 e. The molecule has 0 aromatic heterocycles. The lowest BCUT2D eigenvalue weighted by molar-refractivity contribution is -0.119. The smallest absolute Gasteiger partial charge is 0.234 e. The zero-order valence-corrected chi connectivity index (χ0v) is 17.8. The van der Waals surface area contributed by atoms with Crippen molar-refractivity contribution in [2.24, 2.45) is 0 Å². The molecule has 0 aliphatic carbocycles. The third kappa shape index (κ3) is 7.08. The number of thioether (sulfide) groups is 1. The summed E-state index contributed by atoms with van der Waals surface area (Å²) in [6.45, 7) is 1.98. The first kappa shape index (κ1) is 21.7. The van der Waals surface area contributed by atoms with Gasteiger partial charge in [-0.25, -0.2) is 0 Å². The lowest BCUT2D eigenvalue weighted by Gasteiger charge is -2.19. The minimum Gasteiger partial charge on any atom is -0.348 e. The van der Waals surface area contributed by atoms with Crippen molar-refractivity contribution < 1.29 is 9.59 Å². The topological polar surface area (TPSA) is 58.2 Å². The van der Waals surface area contributed by atoms with Gasteiger partial charge in [0.05, 0.1) is 17.5 Å². The molecule has 0 bridgehead atoms. The normalized spacial score (nSPS) is 11.5. The molecule has 1 unspecified atom stereocenters. The van der Waals surface area contributed by atoms with Crippen LogP contribution in [0, 0.1) is 6.92 Å². The number of rotatable bonds is 9. The number of hydrogen-bond acceptors (Lipinski definition) is 3. The molecule has 3 aromatic rings. The maximum absolute atomic E-state index is 12.5. The molecule has 2 N–H and O–H groups in total. The Labute approximate surface area is 182 Å². The molecule has 3 aromatic carbocycles. The van der Waals surface area contributed by atoms with Crippen molar-refractivity contribution in [3.63, 3.8) is 0 Å². The Hall–Kier alpha value is -3.05. The minimum absolute atomic E-state index is 0.0758. The first-order chi connectivity index (χ1) is 14.6. The average Bonchev–Trinajstić information content (AvgIpc) is 2.75. The number of amides is 2. The summed E-state index contributed by atoms with van der Waals surface area (Å²) in [5.41, 5.74) is 4.09.